The van der Waals surface area contributed by atoms with Crippen molar-refractivity contribution in [3.63, 3.8) is 0 Å². The fourth-order valence-corrected chi connectivity index (χ4v) is 6.75. The standard InChI is InChI=1S/C30H29N7O3/c38-24(18-37-27(39)25(22-9-3-6-12-31-22)36-30(37)10-4-1-2-5-11-30)34-23-14-19-15-29(16-20(19)17-33-23)21-8-7-13-32-26(21)35-28(29)40/h3,6-9,12-14,17H,1-2,4-5,10-11,15-16,18H2,(H,32,35,40)(H,33,34,38). The fourth-order valence-electron chi connectivity index (χ4n) is 6.75. The summed E-state index contributed by atoms with van der Waals surface area (Å²) in [5.41, 5.74) is 2.25. The Kier molecular flexibility index (Phi) is 5.72. The fraction of sp³-hybridized carbons (Fsp3) is 0.367. The molecule has 0 radical (unpaired) electrons. The lowest BCUT2D eigenvalue weighted by atomic mass is 9.79. The third-order valence-electron chi connectivity index (χ3n) is 8.71. The molecular weight excluding hydrogens is 506 g/mol. The summed E-state index contributed by atoms with van der Waals surface area (Å²) in [5.74, 6) is 0.352. The van der Waals surface area contributed by atoms with E-state index in [1.54, 1.807) is 35.6 Å². The van der Waals surface area contributed by atoms with Gasteiger partial charge in [-0.1, -0.05) is 25.0 Å². The highest BCUT2D eigenvalue weighted by atomic mass is 16.2. The molecule has 2 aliphatic carbocycles. The Morgan fingerprint density at radius 1 is 0.950 bits per heavy atom. The molecule has 2 N–H and O–H groups in total. The highest BCUT2D eigenvalue weighted by Gasteiger charge is 2.51. The molecule has 0 aromatic carbocycles. The molecule has 1 saturated carbocycles. The lowest BCUT2D eigenvalue weighted by molar-refractivity contribution is -0.133. The van der Waals surface area contributed by atoms with Crippen LogP contribution in [0.3, 0.4) is 0 Å². The number of nitrogens with zero attached hydrogens (tertiary/aromatic N) is 5. The smallest absolute Gasteiger partial charge is 0.276 e. The first-order valence-corrected chi connectivity index (χ1v) is 13.9. The van der Waals surface area contributed by atoms with Crippen LogP contribution < -0.4 is 10.6 Å². The van der Waals surface area contributed by atoms with Crippen molar-refractivity contribution in [1.82, 2.24) is 19.9 Å². The van der Waals surface area contributed by atoms with E-state index in [-0.39, 0.29) is 24.3 Å². The summed E-state index contributed by atoms with van der Waals surface area (Å²) in [4.78, 5) is 59.7. The first-order valence-electron chi connectivity index (χ1n) is 13.9. The van der Waals surface area contributed by atoms with E-state index in [4.69, 9.17) is 4.99 Å². The Morgan fingerprint density at radius 3 is 2.55 bits per heavy atom. The van der Waals surface area contributed by atoms with Crippen LogP contribution in [-0.2, 0) is 32.6 Å². The summed E-state index contributed by atoms with van der Waals surface area (Å²) in [5, 5.41) is 5.81. The lowest BCUT2D eigenvalue weighted by Crippen LogP contribution is -2.50. The molecule has 3 aromatic heterocycles. The van der Waals surface area contributed by atoms with Crippen LogP contribution in [0.15, 0.2) is 60.0 Å². The van der Waals surface area contributed by atoms with Crippen LogP contribution in [0.1, 0.15) is 60.9 Å². The van der Waals surface area contributed by atoms with Crippen LogP contribution in [0, 0.1) is 0 Å². The predicted octanol–water partition coefficient (Wildman–Crippen LogP) is 3.18. The Labute approximate surface area is 231 Å². The number of aromatic nitrogens is 3. The van der Waals surface area contributed by atoms with Crippen molar-refractivity contribution >= 4 is 35.1 Å². The number of anilines is 2. The number of fused-ring (bicyclic) bond motifs is 3. The third kappa shape index (κ3) is 3.89. The van der Waals surface area contributed by atoms with Gasteiger partial charge < -0.3 is 15.5 Å². The maximum atomic E-state index is 13.6. The minimum Gasteiger partial charge on any atom is -0.310 e. The number of pyridine rings is 3. The van der Waals surface area contributed by atoms with E-state index in [1.807, 2.05) is 24.3 Å². The van der Waals surface area contributed by atoms with E-state index in [0.717, 1.165) is 55.2 Å². The lowest BCUT2D eigenvalue weighted by Gasteiger charge is -2.35. The van der Waals surface area contributed by atoms with Crippen molar-refractivity contribution in [1.29, 1.82) is 0 Å². The summed E-state index contributed by atoms with van der Waals surface area (Å²) < 4.78 is 0. The predicted molar refractivity (Wildman–Crippen MR) is 148 cm³/mol. The van der Waals surface area contributed by atoms with Crippen LogP contribution in [0.2, 0.25) is 0 Å². The molecule has 1 unspecified atom stereocenters. The first-order chi connectivity index (χ1) is 19.5. The maximum absolute atomic E-state index is 13.6. The number of nitrogens with one attached hydrogen (secondary N) is 2. The molecule has 2 aliphatic heterocycles. The molecule has 1 atom stereocenters. The third-order valence-corrected chi connectivity index (χ3v) is 8.71. The highest BCUT2D eigenvalue weighted by Crippen LogP contribution is 2.46. The maximum Gasteiger partial charge on any atom is 0.276 e. The molecule has 2 spiro atoms. The van der Waals surface area contributed by atoms with Gasteiger partial charge in [-0.3, -0.25) is 19.4 Å². The van der Waals surface area contributed by atoms with Gasteiger partial charge in [-0.15, -0.1) is 0 Å². The minimum atomic E-state index is -0.729. The van der Waals surface area contributed by atoms with Gasteiger partial charge in [0, 0.05) is 24.2 Å². The number of hydrogen-bond acceptors (Lipinski definition) is 7. The molecule has 5 heterocycles. The SMILES string of the molecule is O=C(CN1C(=O)C(c2ccccn2)=NC12CCCCCC2)Nc1cc2c(cn1)CC1(C2)C(=O)Nc2ncccc21. The average Bonchev–Trinajstić information content (AvgIpc) is 3.48. The quantitative estimate of drug-likeness (QED) is 0.528. The van der Waals surface area contributed by atoms with E-state index < -0.39 is 11.1 Å². The van der Waals surface area contributed by atoms with E-state index >= 15 is 0 Å². The van der Waals surface area contributed by atoms with Gasteiger partial charge in [-0.25, -0.2) is 15.0 Å². The molecule has 1 fully saturated rings. The number of amides is 3. The van der Waals surface area contributed by atoms with Gasteiger partial charge in [-0.2, -0.15) is 0 Å². The molecule has 7 rings (SSSR count). The van der Waals surface area contributed by atoms with Gasteiger partial charge in [0.25, 0.3) is 5.91 Å². The molecular formula is C30H29N7O3. The largest absolute Gasteiger partial charge is 0.310 e. The van der Waals surface area contributed by atoms with Crippen molar-refractivity contribution in [3.05, 3.63) is 77.4 Å². The van der Waals surface area contributed by atoms with Crippen molar-refractivity contribution < 1.29 is 14.4 Å². The van der Waals surface area contributed by atoms with E-state index in [2.05, 4.69) is 25.6 Å². The molecule has 4 aliphatic rings. The van der Waals surface area contributed by atoms with Gasteiger partial charge in [-0.05, 0) is 73.9 Å². The molecule has 10 nitrogen and oxygen atoms in total. The number of rotatable bonds is 4. The van der Waals surface area contributed by atoms with Crippen LogP contribution >= 0.6 is 0 Å². The van der Waals surface area contributed by atoms with Crippen LogP contribution in [0.5, 0.6) is 0 Å². The van der Waals surface area contributed by atoms with Crippen molar-refractivity contribution in [2.75, 3.05) is 17.2 Å². The second-order valence-corrected chi connectivity index (χ2v) is 11.1. The Balaban J connectivity index is 1.11. The number of hydrogen-bond donors (Lipinski definition) is 2. The monoisotopic (exact) mass is 535 g/mol. The van der Waals surface area contributed by atoms with Crippen LogP contribution in [0.4, 0.5) is 11.6 Å². The first kappa shape index (κ1) is 24.6. The molecule has 0 bridgehead atoms. The molecule has 202 valence electrons. The number of carbonyl (C=O) groups excluding carboxylic acids is 3. The second kappa shape index (κ2) is 9.32. The van der Waals surface area contributed by atoms with Gasteiger partial charge in [0.1, 0.15) is 23.8 Å². The Hall–Kier alpha value is -4.47. The summed E-state index contributed by atoms with van der Waals surface area (Å²) >= 11 is 0. The minimum absolute atomic E-state index is 0.0621. The van der Waals surface area contributed by atoms with Gasteiger partial charge >= 0.3 is 0 Å². The zero-order chi connectivity index (χ0) is 27.3. The normalized spacial score (nSPS) is 22.6. The van der Waals surface area contributed by atoms with E-state index in [1.165, 1.54) is 0 Å². The van der Waals surface area contributed by atoms with E-state index in [0.29, 0.717) is 35.9 Å². The molecule has 0 saturated heterocycles. The molecule has 3 amide bonds. The second-order valence-electron chi connectivity index (χ2n) is 11.1. The van der Waals surface area contributed by atoms with Crippen LogP contribution in [-0.4, -0.2) is 55.5 Å². The van der Waals surface area contributed by atoms with Crippen LogP contribution in [0.25, 0.3) is 0 Å². The van der Waals surface area contributed by atoms with Crippen molar-refractivity contribution in [3.8, 4) is 0 Å². The molecule has 10 heteroatoms. The van der Waals surface area contributed by atoms with Crippen molar-refractivity contribution in [2.45, 2.75) is 62.4 Å². The number of aliphatic imine (C=N–C) groups is 1. The van der Waals surface area contributed by atoms with E-state index in [9.17, 15) is 14.4 Å². The Morgan fingerprint density at radius 2 is 1.75 bits per heavy atom. The zero-order valence-electron chi connectivity index (χ0n) is 22.0. The summed E-state index contributed by atoms with van der Waals surface area (Å²) in [7, 11) is 0. The van der Waals surface area contributed by atoms with Gasteiger partial charge in [0.05, 0.1) is 11.1 Å². The summed E-state index contributed by atoms with van der Waals surface area (Å²) in [6, 6.07) is 11.0. The summed E-state index contributed by atoms with van der Waals surface area (Å²) in [6.45, 7) is -0.122. The summed E-state index contributed by atoms with van der Waals surface area (Å²) in [6.07, 6.45) is 11.6. The van der Waals surface area contributed by atoms with Gasteiger partial charge in [0.15, 0.2) is 5.71 Å². The Bertz CT molecular complexity index is 1560. The number of carbonyl (C=O) groups is 3. The molecule has 3 aromatic rings. The zero-order valence-corrected chi connectivity index (χ0v) is 22.0. The molecule has 40 heavy (non-hydrogen) atoms. The van der Waals surface area contributed by atoms with Crippen molar-refractivity contribution in [2.24, 2.45) is 4.99 Å². The van der Waals surface area contributed by atoms with Gasteiger partial charge in [0.2, 0.25) is 11.8 Å². The highest BCUT2D eigenvalue weighted by molar-refractivity contribution is 6.46. The average molecular weight is 536 g/mol. The topological polar surface area (TPSA) is 130 Å².